The lowest BCUT2D eigenvalue weighted by Crippen LogP contribution is -2.53. The predicted molar refractivity (Wildman–Crippen MR) is 36.6 cm³/mol. The zero-order chi connectivity index (χ0) is 8.43. The van der Waals surface area contributed by atoms with Crippen LogP contribution in [0.15, 0.2) is 0 Å². The second-order valence-corrected chi connectivity index (χ2v) is 2.71. The van der Waals surface area contributed by atoms with Gasteiger partial charge in [0.25, 0.3) is 0 Å². The number of ether oxygens (including phenoxy) is 1. The van der Waals surface area contributed by atoms with Gasteiger partial charge in [-0.3, -0.25) is 0 Å². The van der Waals surface area contributed by atoms with E-state index in [0.717, 1.165) is 0 Å². The number of rotatable bonds is 1. The molecule has 1 heterocycles. The molecule has 1 fully saturated rings. The van der Waals surface area contributed by atoms with E-state index in [1.807, 2.05) is 0 Å². The highest BCUT2D eigenvalue weighted by Gasteiger charge is 2.33. The minimum Gasteiger partial charge on any atom is -0.394 e. The maximum absolute atomic E-state index is 9.17. The van der Waals surface area contributed by atoms with Crippen LogP contribution in [0.2, 0.25) is 0 Å². The van der Waals surface area contributed by atoms with Crippen LogP contribution < -0.4 is 5.73 Å². The minimum atomic E-state index is -1.17. The summed E-state index contributed by atoms with van der Waals surface area (Å²) in [5.41, 5.74) is 5.33. The normalized spacial score (nSPS) is 45.8. The topological polar surface area (TPSA) is 95.9 Å². The van der Waals surface area contributed by atoms with Crippen molar-refractivity contribution in [2.75, 3.05) is 6.61 Å². The minimum absolute atomic E-state index is 0.208. The van der Waals surface area contributed by atoms with Crippen molar-refractivity contribution in [3.63, 3.8) is 0 Å². The van der Waals surface area contributed by atoms with E-state index in [1.54, 1.807) is 0 Å². The van der Waals surface area contributed by atoms with Crippen LogP contribution in [0, 0.1) is 0 Å². The summed E-state index contributed by atoms with van der Waals surface area (Å²) < 4.78 is 4.84. The van der Waals surface area contributed by atoms with Gasteiger partial charge in [0, 0.05) is 6.42 Å². The van der Waals surface area contributed by atoms with E-state index in [-0.39, 0.29) is 13.0 Å². The Labute approximate surface area is 64.4 Å². The average molecular weight is 163 g/mol. The van der Waals surface area contributed by atoms with Gasteiger partial charge in [0.1, 0.15) is 0 Å². The molecule has 1 aliphatic heterocycles. The number of hydrogen-bond acceptors (Lipinski definition) is 5. The average Bonchev–Trinajstić information content (AvgIpc) is 1.99. The van der Waals surface area contributed by atoms with Crippen LogP contribution in [-0.2, 0) is 4.74 Å². The largest absolute Gasteiger partial charge is 0.394 e. The molecule has 5 N–H and O–H groups in total. The lowest BCUT2D eigenvalue weighted by atomic mass is 10.0. The van der Waals surface area contributed by atoms with Gasteiger partial charge in [-0.2, -0.15) is 0 Å². The van der Waals surface area contributed by atoms with Gasteiger partial charge in [0.05, 0.1) is 24.9 Å². The molecule has 0 aliphatic carbocycles. The first kappa shape index (κ1) is 8.89. The summed E-state index contributed by atoms with van der Waals surface area (Å²) in [5, 5.41) is 26.8. The van der Waals surface area contributed by atoms with Crippen molar-refractivity contribution < 1.29 is 20.1 Å². The molecular formula is C6H13NO4. The Hall–Kier alpha value is -0.200. The van der Waals surface area contributed by atoms with Gasteiger partial charge in [-0.25, -0.2) is 0 Å². The first-order valence-electron chi connectivity index (χ1n) is 3.53. The van der Waals surface area contributed by atoms with Crippen molar-refractivity contribution in [2.24, 2.45) is 5.73 Å². The summed E-state index contributed by atoms with van der Waals surface area (Å²) in [4.78, 5) is 0. The summed E-state index contributed by atoms with van der Waals surface area (Å²) in [6.45, 7) is -0.208. The second-order valence-electron chi connectivity index (χ2n) is 2.71. The van der Waals surface area contributed by atoms with E-state index in [4.69, 9.17) is 20.7 Å². The molecule has 0 aromatic carbocycles. The first-order chi connectivity index (χ1) is 5.15. The quantitative estimate of drug-likeness (QED) is 0.351. The predicted octanol–water partition coefficient (Wildman–Crippen LogP) is -2.23. The van der Waals surface area contributed by atoms with Crippen LogP contribution in [0.5, 0.6) is 0 Å². The molecule has 4 atom stereocenters. The molecule has 0 amide bonds. The number of nitrogens with two attached hydrogens (primary N) is 1. The van der Waals surface area contributed by atoms with Crippen molar-refractivity contribution in [1.29, 1.82) is 0 Å². The third kappa shape index (κ3) is 1.88. The molecule has 0 radical (unpaired) electrons. The van der Waals surface area contributed by atoms with E-state index in [2.05, 4.69) is 0 Å². The van der Waals surface area contributed by atoms with E-state index >= 15 is 0 Å². The Morgan fingerprint density at radius 3 is 2.55 bits per heavy atom. The molecular weight excluding hydrogens is 150 g/mol. The standard InChI is InChI=1S/C6H13NO4/c7-5-4(9)1-3(2-8)11-6(5)10/h3-6,8-10H,1-2,7H2/t3?,4?,5?,6-/m1/s1. The van der Waals surface area contributed by atoms with Gasteiger partial charge in [-0.1, -0.05) is 0 Å². The molecule has 0 bridgehead atoms. The van der Waals surface area contributed by atoms with Crippen LogP contribution in [0.4, 0.5) is 0 Å². The van der Waals surface area contributed by atoms with Crippen LogP contribution in [0.25, 0.3) is 0 Å². The third-order valence-electron chi connectivity index (χ3n) is 1.81. The maximum Gasteiger partial charge on any atom is 0.172 e. The fraction of sp³-hybridized carbons (Fsp3) is 1.00. The Balaban J connectivity index is 2.47. The molecule has 1 aliphatic rings. The zero-order valence-corrected chi connectivity index (χ0v) is 6.05. The smallest absolute Gasteiger partial charge is 0.172 e. The van der Waals surface area contributed by atoms with E-state index in [1.165, 1.54) is 0 Å². The summed E-state index contributed by atoms with van der Waals surface area (Å²) in [5.74, 6) is 0. The highest BCUT2D eigenvalue weighted by atomic mass is 16.6. The van der Waals surface area contributed by atoms with Gasteiger partial charge in [-0.15, -0.1) is 0 Å². The van der Waals surface area contributed by atoms with Crippen molar-refractivity contribution in [2.45, 2.75) is 31.0 Å². The molecule has 11 heavy (non-hydrogen) atoms. The molecule has 3 unspecified atom stereocenters. The van der Waals surface area contributed by atoms with Crippen LogP contribution >= 0.6 is 0 Å². The van der Waals surface area contributed by atoms with Crippen molar-refractivity contribution in [3.05, 3.63) is 0 Å². The lowest BCUT2D eigenvalue weighted by molar-refractivity contribution is -0.207. The summed E-state index contributed by atoms with van der Waals surface area (Å²) in [6.07, 6.45) is -2.19. The van der Waals surface area contributed by atoms with Crippen molar-refractivity contribution >= 4 is 0 Å². The van der Waals surface area contributed by atoms with Crippen LogP contribution in [0.1, 0.15) is 6.42 Å². The van der Waals surface area contributed by atoms with E-state index in [0.29, 0.717) is 0 Å². The molecule has 1 saturated heterocycles. The Morgan fingerprint density at radius 1 is 1.45 bits per heavy atom. The van der Waals surface area contributed by atoms with Gasteiger partial charge in [-0.05, 0) is 0 Å². The molecule has 5 heteroatoms. The zero-order valence-electron chi connectivity index (χ0n) is 6.05. The fourth-order valence-corrected chi connectivity index (χ4v) is 1.08. The second kappa shape index (κ2) is 3.46. The van der Waals surface area contributed by atoms with E-state index < -0.39 is 24.5 Å². The highest BCUT2D eigenvalue weighted by Crippen LogP contribution is 2.16. The van der Waals surface area contributed by atoms with Gasteiger partial charge >= 0.3 is 0 Å². The van der Waals surface area contributed by atoms with Crippen LogP contribution in [-0.4, -0.2) is 46.5 Å². The Bertz CT molecular complexity index is 120. The number of aliphatic hydroxyl groups excluding tert-OH is 3. The SMILES string of the molecule is NC1C(O)CC(CO)O[C@H]1O. The molecule has 0 aromatic heterocycles. The number of hydrogen-bond donors (Lipinski definition) is 4. The summed E-state index contributed by atoms with van der Waals surface area (Å²) in [7, 11) is 0. The Morgan fingerprint density at radius 2 is 2.09 bits per heavy atom. The van der Waals surface area contributed by atoms with Gasteiger partial charge < -0.3 is 25.8 Å². The summed E-state index contributed by atoms with van der Waals surface area (Å²) in [6, 6.07) is -0.766. The Kier molecular flexibility index (Phi) is 2.80. The van der Waals surface area contributed by atoms with Gasteiger partial charge in [0.2, 0.25) is 0 Å². The highest BCUT2D eigenvalue weighted by molar-refractivity contribution is 4.82. The molecule has 0 aromatic rings. The fourth-order valence-electron chi connectivity index (χ4n) is 1.08. The lowest BCUT2D eigenvalue weighted by Gasteiger charge is -2.34. The molecule has 5 nitrogen and oxygen atoms in total. The maximum atomic E-state index is 9.17. The monoisotopic (exact) mass is 163 g/mol. The molecule has 1 rings (SSSR count). The number of aliphatic hydroxyl groups is 3. The van der Waals surface area contributed by atoms with E-state index in [9.17, 15) is 5.11 Å². The summed E-state index contributed by atoms with van der Waals surface area (Å²) >= 11 is 0. The molecule has 0 saturated carbocycles. The van der Waals surface area contributed by atoms with Crippen molar-refractivity contribution in [1.82, 2.24) is 0 Å². The molecule has 0 spiro atoms. The first-order valence-corrected chi connectivity index (χ1v) is 3.53. The molecule has 66 valence electrons. The third-order valence-corrected chi connectivity index (χ3v) is 1.81. The van der Waals surface area contributed by atoms with Gasteiger partial charge in [0.15, 0.2) is 6.29 Å². The van der Waals surface area contributed by atoms with Crippen LogP contribution in [0.3, 0.4) is 0 Å². The van der Waals surface area contributed by atoms with Crippen molar-refractivity contribution in [3.8, 4) is 0 Å².